The van der Waals surface area contributed by atoms with E-state index in [2.05, 4.69) is 67.8 Å². The predicted octanol–water partition coefficient (Wildman–Crippen LogP) is 9.09. The summed E-state index contributed by atoms with van der Waals surface area (Å²) in [5.41, 5.74) is 3.66. The first-order valence-electron chi connectivity index (χ1n) is 26.6. The highest BCUT2D eigenvalue weighted by atomic mass is 32.2. The van der Waals surface area contributed by atoms with Gasteiger partial charge >= 0.3 is 0 Å². The maximum atomic E-state index is 14.8. The summed E-state index contributed by atoms with van der Waals surface area (Å²) in [4.78, 5) is 41.3. The first kappa shape index (κ1) is 50.4. The molecule has 3 aliphatic heterocycles. The van der Waals surface area contributed by atoms with Crippen LogP contribution in [0.1, 0.15) is 132 Å². The van der Waals surface area contributed by atoms with Crippen LogP contribution in [0.5, 0.6) is 5.88 Å². The molecule has 3 saturated carbocycles. The number of pyridine rings is 1. The maximum Gasteiger partial charge on any atom is 0.293 e. The molecular weight excluding hydrogens is 961 g/mol. The highest BCUT2D eigenvalue weighted by Gasteiger charge is 2.51. The molecule has 17 nitrogen and oxygen atoms in total. The fourth-order valence-corrected chi connectivity index (χ4v) is 14.1. The number of benzene rings is 3. The molecule has 0 radical (unpaired) electrons. The van der Waals surface area contributed by atoms with Crippen molar-refractivity contribution in [2.24, 2.45) is 11.3 Å². The molecule has 74 heavy (non-hydrogen) atoms. The fraction of sp³-hybridized carbons (Fsp3) is 0.536. The smallest absolute Gasteiger partial charge is 0.293 e. The Hall–Kier alpha value is -5.79. The lowest BCUT2D eigenvalue weighted by atomic mass is 9.59. The van der Waals surface area contributed by atoms with Crippen molar-refractivity contribution in [3.8, 4) is 5.88 Å². The monoisotopic (exact) mass is 1030 g/mol. The average molecular weight is 1030 g/mol. The lowest BCUT2D eigenvalue weighted by Gasteiger charge is -2.57. The van der Waals surface area contributed by atoms with Crippen molar-refractivity contribution in [1.82, 2.24) is 19.6 Å². The SMILES string of the molecule is CC(C)c1ccccc1[C@@H]1COCCN1C1CC2(CCN(c3ccc(C(=O)NS(=O)(=O)c4ccc(NC[C@H]5CC[C@](C)(O)CC5)c([N+](=O)[O-])c4)c(N4c5cc6cc[nH]c6nc5O[C@H]5C[C@@](C)(O)CC[C@@H]54)c3)CC2)C1. The Morgan fingerprint density at radius 1 is 0.919 bits per heavy atom. The van der Waals surface area contributed by atoms with Crippen LogP contribution in [0.25, 0.3) is 11.0 Å². The predicted molar refractivity (Wildman–Crippen MR) is 284 cm³/mol. The maximum absolute atomic E-state index is 14.8. The standard InChI is InChI=1S/C56H70N8O9S/c1-35(2)41-7-5-6-8-42(41)49-34-72-26-25-62(49)39-30-56(31-39)20-23-61(24-21-56)38-9-11-43(46(28-38)63-45-15-19-55(4,67)32-50(45)73-53-48(63)27-37-16-22-57-51(37)59-53)52(65)60-74(70,71)40-10-12-44(47(29-40)64(68)69)58-33-36-13-17-54(3,66)18-14-36/h5-12,16,22,27-29,35-36,39,45,49-50,58,66-67H,13-15,17-21,23-26,30-34H2,1-4H3,(H,57,59)(H,60,65)/t36-,45-,49-,50-,54-,55-/m0/s1. The van der Waals surface area contributed by atoms with Gasteiger partial charge < -0.3 is 39.8 Å². The summed E-state index contributed by atoms with van der Waals surface area (Å²) >= 11 is 0. The van der Waals surface area contributed by atoms with E-state index in [4.69, 9.17) is 14.5 Å². The van der Waals surface area contributed by atoms with Gasteiger partial charge in [-0.25, -0.2) is 13.1 Å². The third-order valence-corrected chi connectivity index (χ3v) is 18.8. The van der Waals surface area contributed by atoms with Crippen LogP contribution in [0.2, 0.25) is 0 Å². The minimum Gasteiger partial charge on any atom is -0.470 e. The molecule has 6 aliphatic rings. The van der Waals surface area contributed by atoms with E-state index in [0.29, 0.717) is 80.1 Å². The Labute approximate surface area is 433 Å². The number of aliphatic hydroxyl groups is 2. The minimum atomic E-state index is -4.65. The van der Waals surface area contributed by atoms with Crippen LogP contribution in [0, 0.1) is 21.4 Å². The van der Waals surface area contributed by atoms with Crippen molar-refractivity contribution in [2.45, 2.75) is 145 Å². The molecule has 394 valence electrons. The zero-order chi connectivity index (χ0) is 51.7. The van der Waals surface area contributed by atoms with Crippen molar-refractivity contribution >= 4 is 55.4 Å². The Morgan fingerprint density at radius 2 is 1.68 bits per heavy atom. The van der Waals surface area contributed by atoms with Gasteiger partial charge in [0.15, 0.2) is 0 Å². The van der Waals surface area contributed by atoms with Gasteiger partial charge in [-0.05, 0) is 149 Å². The van der Waals surface area contributed by atoms with Crippen LogP contribution in [0.3, 0.4) is 0 Å². The van der Waals surface area contributed by atoms with E-state index in [9.17, 15) is 33.5 Å². The molecule has 2 aromatic heterocycles. The molecule has 2 saturated heterocycles. The van der Waals surface area contributed by atoms with E-state index >= 15 is 0 Å². The molecule has 5 N–H and O–H groups in total. The Bertz CT molecular complexity index is 3040. The summed E-state index contributed by atoms with van der Waals surface area (Å²) in [7, 11) is -4.65. The molecule has 0 bridgehead atoms. The minimum absolute atomic E-state index is 0.0871. The number of piperidine rings is 1. The number of anilines is 4. The van der Waals surface area contributed by atoms with Gasteiger partial charge in [0.1, 0.15) is 23.1 Å². The number of nitro benzene ring substituents is 1. The Kier molecular flexibility index (Phi) is 13.2. The van der Waals surface area contributed by atoms with E-state index in [1.807, 2.05) is 31.2 Å². The number of nitrogens with zero attached hydrogens (tertiary/aromatic N) is 5. The first-order chi connectivity index (χ1) is 35.3. The lowest BCUT2D eigenvalue weighted by Crippen LogP contribution is -2.58. The second-order valence-corrected chi connectivity index (χ2v) is 24.8. The summed E-state index contributed by atoms with van der Waals surface area (Å²) in [6, 6.07) is 22.2. The molecule has 1 amide bonds. The van der Waals surface area contributed by atoms with Gasteiger partial charge in [-0.15, -0.1) is 0 Å². The van der Waals surface area contributed by atoms with E-state index < -0.39 is 48.7 Å². The van der Waals surface area contributed by atoms with Crippen molar-refractivity contribution in [2.75, 3.05) is 54.5 Å². The molecular formula is C56H70N8O9S. The molecule has 0 unspecified atom stereocenters. The van der Waals surface area contributed by atoms with Gasteiger partial charge in [0.25, 0.3) is 21.6 Å². The number of ether oxygens (including phenoxy) is 2. The summed E-state index contributed by atoms with van der Waals surface area (Å²) in [5, 5.41) is 38.1. The highest BCUT2D eigenvalue weighted by molar-refractivity contribution is 7.90. The van der Waals surface area contributed by atoms with Crippen LogP contribution >= 0.6 is 0 Å². The number of amides is 1. The van der Waals surface area contributed by atoms with Crippen molar-refractivity contribution < 1.29 is 37.8 Å². The summed E-state index contributed by atoms with van der Waals surface area (Å²) in [6.45, 7) is 12.5. The number of H-pyrrole nitrogens is 1. The number of carbonyl (C=O) groups excluding carboxylic acids is 1. The second kappa shape index (κ2) is 19.4. The fourth-order valence-electron chi connectivity index (χ4n) is 13.1. The molecule has 5 aromatic rings. The largest absolute Gasteiger partial charge is 0.470 e. The van der Waals surface area contributed by atoms with Crippen LogP contribution in [-0.2, 0) is 14.8 Å². The van der Waals surface area contributed by atoms with Crippen LogP contribution < -0.4 is 24.6 Å². The molecule has 18 heteroatoms. The zero-order valence-corrected chi connectivity index (χ0v) is 43.7. The van der Waals surface area contributed by atoms with Gasteiger partial charge in [0.05, 0.1) is 57.6 Å². The molecule has 4 atom stereocenters. The number of morpholine rings is 1. The van der Waals surface area contributed by atoms with Crippen LogP contribution in [0.15, 0.2) is 83.9 Å². The van der Waals surface area contributed by atoms with E-state index in [1.165, 1.54) is 23.3 Å². The van der Waals surface area contributed by atoms with Gasteiger partial charge in [0, 0.05) is 62.0 Å². The van der Waals surface area contributed by atoms with Crippen molar-refractivity contribution in [3.63, 3.8) is 0 Å². The van der Waals surface area contributed by atoms with Crippen LogP contribution in [-0.4, -0.2) is 113 Å². The molecule has 1 spiro atoms. The molecule has 3 aromatic carbocycles. The average Bonchev–Trinajstić information content (AvgIpc) is 3.83. The quantitative estimate of drug-likeness (QED) is 0.0582. The first-order valence-corrected chi connectivity index (χ1v) is 28.1. The Balaban J connectivity index is 0.877. The number of carbonyl (C=O) groups is 1. The summed E-state index contributed by atoms with van der Waals surface area (Å²) in [6.07, 6.45) is 9.62. The van der Waals surface area contributed by atoms with Gasteiger partial charge in [-0.1, -0.05) is 38.1 Å². The van der Waals surface area contributed by atoms with Gasteiger partial charge in [0.2, 0.25) is 5.88 Å². The van der Waals surface area contributed by atoms with Crippen molar-refractivity contribution in [1.29, 1.82) is 0 Å². The number of nitro groups is 1. The number of hydrogen-bond donors (Lipinski definition) is 5. The highest BCUT2D eigenvalue weighted by Crippen LogP contribution is 2.54. The zero-order valence-electron chi connectivity index (χ0n) is 42.9. The molecule has 5 heterocycles. The third kappa shape index (κ3) is 9.83. The van der Waals surface area contributed by atoms with E-state index in [0.717, 1.165) is 81.9 Å². The lowest BCUT2D eigenvalue weighted by molar-refractivity contribution is -0.384. The summed E-state index contributed by atoms with van der Waals surface area (Å²) in [5.74, 6) is 0.0379. The number of sulfonamides is 1. The topological polar surface area (TPSA) is 216 Å². The molecule has 11 rings (SSSR count). The van der Waals surface area contributed by atoms with Gasteiger partial charge in [-0.2, -0.15) is 4.98 Å². The normalized spacial score (nSPS) is 27.3. The third-order valence-electron chi connectivity index (χ3n) is 17.5. The molecule has 5 fully saturated rings. The number of nitrogens with one attached hydrogen (secondary N) is 3. The number of fused-ring (bicyclic) bond motifs is 3. The number of aromatic amines is 1. The van der Waals surface area contributed by atoms with E-state index in [1.54, 1.807) is 19.2 Å². The number of hydrogen-bond acceptors (Lipinski definition) is 14. The summed E-state index contributed by atoms with van der Waals surface area (Å²) < 4.78 is 43.5. The van der Waals surface area contributed by atoms with Crippen molar-refractivity contribution in [3.05, 3.63) is 106 Å². The molecule has 3 aliphatic carbocycles. The Morgan fingerprint density at radius 3 is 2.43 bits per heavy atom. The van der Waals surface area contributed by atoms with Gasteiger partial charge in [-0.3, -0.25) is 19.8 Å². The number of aromatic nitrogens is 2. The van der Waals surface area contributed by atoms with Crippen LogP contribution in [0.4, 0.5) is 28.4 Å². The van der Waals surface area contributed by atoms with E-state index in [-0.39, 0.29) is 34.7 Å². The number of rotatable bonds is 12. The second-order valence-electron chi connectivity index (χ2n) is 23.1.